The quantitative estimate of drug-likeness (QED) is 0.393. The molecule has 1 fully saturated rings. The molecule has 3 aromatic rings. The summed E-state index contributed by atoms with van der Waals surface area (Å²) in [4.78, 5) is 20.4. The first-order chi connectivity index (χ1) is 14.8. The molecule has 1 aromatic heterocycles. The lowest BCUT2D eigenvalue weighted by molar-refractivity contribution is 0.102. The second-order valence-electron chi connectivity index (χ2n) is 7.70. The highest BCUT2D eigenvalue weighted by atomic mass is 79.9. The second-order valence-corrected chi connectivity index (χ2v) is 9.02. The molecule has 0 bridgehead atoms. The van der Waals surface area contributed by atoms with Crippen LogP contribution in [-0.2, 0) is 0 Å². The van der Waals surface area contributed by atoms with Crippen LogP contribution in [0.3, 0.4) is 0 Å². The summed E-state index contributed by atoms with van der Waals surface area (Å²) in [5, 5.41) is 2.81. The van der Waals surface area contributed by atoms with Gasteiger partial charge in [-0.2, -0.15) is 0 Å². The molecule has 0 radical (unpaired) electrons. The van der Waals surface area contributed by atoms with E-state index in [1.165, 1.54) is 12.8 Å². The largest absolute Gasteiger partial charge is 0.356 e. The Hall–Kier alpha value is -2.25. The molecule has 1 amide bonds. The minimum absolute atomic E-state index is 0.261. The number of aromatic nitrogens is 1. The first kappa shape index (κ1) is 22.0. The van der Waals surface area contributed by atoms with Crippen LogP contribution in [0.15, 0.2) is 34.8 Å². The Morgan fingerprint density at radius 2 is 1.81 bits per heavy atom. The Bertz CT molecular complexity index is 1160. The molecule has 1 aliphatic rings. The van der Waals surface area contributed by atoms with E-state index in [0.717, 1.165) is 48.4 Å². The first-order valence-corrected chi connectivity index (χ1v) is 11.3. The van der Waals surface area contributed by atoms with Crippen LogP contribution >= 0.6 is 27.5 Å². The molecule has 0 atom stereocenters. The molecular formula is C23H21BrClF2N3O. The minimum atomic E-state index is -0.803. The number of nitrogens with one attached hydrogen (secondary N) is 1. The average Bonchev–Trinajstić information content (AvgIpc) is 3.01. The molecule has 2 aromatic carbocycles. The van der Waals surface area contributed by atoms with Crippen molar-refractivity contribution in [3.05, 3.63) is 62.6 Å². The fourth-order valence-corrected chi connectivity index (χ4v) is 4.52. The normalized spacial score (nSPS) is 14.5. The lowest BCUT2D eigenvalue weighted by Crippen LogP contribution is -2.27. The fraction of sp³-hybridized carbons (Fsp3) is 0.304. The van der Waals surface area contributed by atoms with Crippen LogP contribution in [0.1, 0.15) is 41.6 Å². The maximum Gasteiger partial charge on any atom is 0.256 e. The van der Waals surface area contributed by atoms with E-state index in [1.54, 1.807) is 0 Å². The third kappa shape index (κ3) is 4.53. The lowest BCUT2D eigenvalue weighted by atomic mass is 10.0. The maximum atomic E-state index is 14.3. The number of halogens is 4. The number of hydrogen-bond donors (Lipinski definition) is 1. The number of nitrogens with zero attached hydrogens (tertiary/aromatic N) is 2. The van der Waals surface area contributed by atoms with E-state index in [0.29, 0.717) is 22.0 Å². The van der Waals surface area contributed by atoms with Gasteiger partial charge in [0, 0.05) is 34.6 Å². The Labute approximate surface area is 192 Å². The summed E-state index contributed by atoms with van der Waals surface area (Å²) in [5.74, 6) is -1.38. The number of fused-ring (bicyclic) bond motifs is 1. The summed E-state index contributed by atoms with van der Waals surface area (Å²) in [5.41, 5.74) is 1.50. The number of carbonyl (C=O) groups excluding carboxylic acids is 1. The first-order valence-electron chi connectivity index (χ1n) is 10.2. The predicted molar refractivity (Wildman–Crippen MR) is 124 cm³/mol. The van der Waals surface area contributed by atoms with Crippen molar-refractivity contribution in [3.8, 4) is 0 Å². The third-order valence-electron chi connectivity index (χ3n) is 5.56. The number of benzene rings is 2. The number of carbonyl (C=O) groups is 1. The summed E-state index contributed by atoms with van der Waals surface area (Å²) in [6.07, 6.45) is 4.47. The van der Waals surface area contributed by atoms with Crippen molar-refractivity contribution in [3.63, 3.8) is 0 Å². The number of pyridine rings is 1. The highest BCUT2D eigenvalue weighted by Gasteiger charge is 2.23. The lowest BCUT2D eigenvalue weighted by Gasteiger charge is -2.25. The maximum absolute atomic E-state index is 14.3. The molecular weight excluding hydrogens is 488 g/mol. The van der Waals surface area contributed by atoms with E-state index in [2.05, 4.69) is 26.1 Å². The van der Waals surface area contributed by atoms with Crippen LogP contribution in [0.2, 0.25) is 5.02 Å². The van der Waals surface area contributed by atoms with Gasteiger partial charge in [0.15, 0.2) is 0 Å². The highest BCUT2D eigenvalue weighted by molar-refractivity contribution is 9.10. The van der Waals surface area contributed by atoms with Crippen molar-refractivity contribution in [2.24, 2.45) is 0 Å². The van der Waals surface area contributed by atoms with Crippen LogP contribution in [-0.4, -0.2) is 24.0 Å². The van der Waals surface area contributed by atoms with Gasteiger partial charge < -0.3 is 10.2 Å². The number of hydrogen-bond acceptors (Lipinski definition) is 3. The average molecular weight is 509 g/mol. The molecule has 0 saturated carbocycles. The fourth-order valence-electron chi connectivity index (χ4n) is 4.00. The van der Waals surface area contributed by atoms with Gasteiger partial charge in [0.1, 0.15) is 17.5 Å². The Morgan fingerprint density at radius 1 is 1.10 bits per heavy atom. The molecule has 0 spiro atoms. The van der Waals surface area contributed by atoms with Crippen molar-refractivity contribution in [1.82, 2.24) is 4.98 Å². The van der Waals surface area contributed by atoms with Crippen LogP contribution in [0.4, 0.5) is 20.3 Å². The smallest absolute Gasteiger partial charge is 0.256 e. The predicted octanol–water partition coefficient (Wildman–Crippen LogP) is 6.87. The van der Waals surface area contributed by atoms with Crippen molar-refractivity contribution in [2.45, 2.75) is 32.6 Å². The summed E-state index contributed by atoms with van der Waals surface area (Å²) in [6.45, 7) is 3.59. The standard InChI is InChI=1S/C23H21BrClF2N3O/c1-13-21(23(31)29-20-12-17(26)16(25)11-18(20)27)15-10-14(24)6-7-19(15)28-22(13)30-8-4-2-3-5-9-30/h6-7,10-12H,2-5,8-9H2,1H3,(H,29,31). The van der Waals surface area contributed by atoms with Gasteiger partial charge in [-0.3, -0.25) is 4.79 Å². The Balaban J connectivity index is 1.83. The molecule has 0 aliphatic carbocycles. The molecule has 162 valence electrons. The summed E-state index contributed by atoms with van der Waals surface area (Å²) < 4.78 is 29.0. The number of anilines is 2. The van der Waals surface area contributed by atoms with E-state index in [4.69, 9.17) is 16.6 Å². The summed E-state index contributed by atoms with van der Waals surface area (Å²) in [7, 11) is 0. The molecule has 1 N–H and O–H groups in total. The zero-order chi connectivity index (χ0) is 22.1. The number of rotatable bonds is 3. The van der Waals surface area contributed by atoms with E-state index in [-0.39, 0.29) is 10.7 Å². The van der Waals surface area contributed by atoms with Crippen LogP contribution in [0.5, 0.6) is 0 Å². The molecule has 4 rings (SSSR count). The van der Waals surface area contributed by atoms with E-state index >= 15 is 0 Å². The zero-order valence-corrected chi connectivity index (χ0v) is 19.3. The summed E-state index contributed by atoms with van der Waals surface area (Å²) >= 11 is 9.08. The molecule has 2 heterocycles. The van der Waals surface area contributed by atoms with Gasteiger partial charge >= 0.3 is 0 Å². The van der Waals surface area contributed by atoms with E-state index in [9.17, 15) is 13.6 Å². The van der Waals surface area contributed by atoms with Crippen LogP contribution in [0.25, 0.3) is 10.9 Å². The Morgan fingerprint density at radius 3 is 2.52 bits per heavy atom. The highest BCUT2D eigenvalue weighted by Crippen LogP contribution is 2.32. The van der Waals surface area contributed by atoms with Crippen molar-refractivity contribution in [1.29, 1.82) is 0 Å². The molecule has 8 heteroatoms. The zero-order valence-electron chi connectivity index (χ0n) is 16.9. The topological polar surface area (TPSA) is 45.2 Å². The van der Waals surface area contributed by atoms with Crippen molar-refractivity contribution < 1.29 is 13.6 Å². The van der Waals surface area contributed by atoms with Gasteiger partial charge in [-0.1, -0.05) is 40.4 Å². The minimum Gasteiger partial charge on any atom is -0.356 e. The Kier molecular flexibility index (Phi) is 6.44. The van der Waals surface area contributed by atoms with Gasteiger partial charge in [-0.05, 0) is 44.0 Å². The van der Waals surface area contributed by atoms with Gasteiger partial charge in [0.2, 0.25) is 0 Å². The molecule has 31 heavy (non-hydrogen) atoms. The third-order valence-corrected chi connectivity index (χ3v) is 6.34. The monoisotopic (exact) mass is 507 g/mol. The van der Waals surface area contributed by atoms with E-state index in [1.807, 2.05) is 25.1 Å². The van der Waals surface area contributed by atoms with Gasteiger partial charge in [0.05, 0.1) is 21.8 Å². The molecule has 4 nitrogen and oxygen atoms in total. The van der Waals surface area contributed by atoms with Gasteiger partial charge in [-0.15, -0.1) is 0 Å². The van der Waals surface area contributed by atoms with E-state index < -0.39 is 17.5 Å². The van der Waals surface area contributed by atoms with Crippen LogP contribution in [0, 0.1) is 18.6 Å². The molecule has 1 saturated heterocycles. The number of amides is 1. The van der Waals surface area contributed by atoms with Gasteiger partial charge in [0.25, 0.3) is 5.91 Å². The molecule has 1 aliphatic heterocycles. The van der Waals surface area contributed by atoms with Crippen LogP contribution < -0.4 is 10.2 Å². The molecule has 0 unspecified atom stereocenters. The van der Waals surface area contributed by atoms with Crippen molar-refractivity contribution >= 4 is 55.8 Å². The van der Waals surface area contributed by atoms with Gasteiger partial charge in [-0.25, -0.2) is 13.8 Å². The second kappa shape index (κ2) is 9.09. The SMILES string of the molecule is Cc1c(N2CCCCCC2)nc2ccc(Br)cc2c1C(=O)Nc1cc(F)c(Cl)cc1F. The van der Waals surface area contributed by atoms with Crippen molar-refractivity contribution in [2.75, 3.05) is 23.3 Å². The summed E-state index contributed by atoms with van der Waals surface area (Å²) in [6, 6.07) is 7.27.